The van der Waals surface area contributed by atoms with Crippen LogP contribution in [0.25, 0.3) is 0 Å². The van der Waals surface area contributed by atoms with Crippen molar-refractivity contribution in [1.29, 1.82) is 0 Å². The van der Waals surface area contributed by atoms with Gasteiger partial charge in [0.2, 0.25) is 0 Å². The van der Waals surface area contributed by atoms with Crippen molar-refractivity contribution in [1.82, 2.24) is 9.97 Å². The summed E-state index contributed by atoms with van der Waals surface area (Å²) in [5.41, 5.74) is -1.63. The summed E-state index contributed by atoms with van der Waals surface area (Å²) >= 11 is 0. The Balaban J connectivity index is 2.26. The molecule has 2 aliphatic heterocycles. The fraction of sp³-hybridized carbons (Fsp3) is 0.750. The minimum atomic E-state index is -3.73. The Morgan fingerprint density at radius 1 is 1.32 bits per heavy atom. The van der Waals surface area contributed by atoms with Gasteiger partial charge < -0.3 is 14.2 Å². The first-order valence-corrected chi connectivity index (χ1v) is 6.88. The monoisotopic (exact) mass is 315 g/mol. The summed E-state index contributed by atoms with van der Waals surface area (Å²) in [6.45, 7) is -0.119. The maximum atomic E-state index is 8.67. The largest absolute Gasteiger partial charge is 0.516 e. The summed E-state index contributed by atoms with van der Waals surface area (Å²) in [6, 6.07) is -3.64. The molecule has 0 N–H and O–H groups in total. The zero-order valence-corrected chi connectivity index (χ0v) is 12.9. The molecule has 0 spiro atoms. The lowest BCUT2D eigenvalue weighted by atomic mass is 9.85. The topological polar surface area (TPSA) is 47.5 Å². The lowest BCUT2D eigenvalue weighted by Gasteiger charge is -2.34. The number of hydrogen-bond donors (Lipinski definition) is 0. The molecule has 1 aromatic heterocycles. The summed E-state index contributed by atoms with van der Waals surface area (Å²) in [4.78, 5) is 8.07. The highest BCUT2D eigenvalue weighted by atomic mass is 16.7. The third-order valence-electron chi connectivity index (χ3n) is 4.00. The number of anilines is 1. The number of piperidine rings is 1. The van der Waals surface area contributed by atoms with Gasteiger partial charge in [0.1, 0.15) is 5.82 Å². The molecule has 1 unspecified atom stereocenters. The van der Waals surface area contributed by atoms with Crippen LogP contribution in [0.4, 0.5) is 5.82 Å². The smallest absolute Gasteiger partial charge is 0.398 e. The van der Waals surface area contributed by atoms with E-state index in [9.17, 15) is 0 Å². The molecule has 5 nitrogen and oxygen atoms in total. The van der Waals surface area contributed by atoms with Crippen LogP contribution in [0.2, 0.25) is 0 Å². The van der Waals surface area contributed by atoms with Crippen LogP contribution in [0.1, 0.15) is 70.1 Å². The van der Waals surface area contributed by atoms with Crippen LogP contribution in [-0.4, -0.2) is 40.8 Å². The molecule has 1 atom stereocenters. The van der Waals surface area contributed by atoms with Gasteiger partial charge in [-0.25, -0.2) is 4.98 Å². The van der Waals surface area contributed by atoms with Crippen LogP contribution in [-0.2, 0) is 9.31 Å². The van der Waals surface area contributed by atoms with E-state index in [0.29, 0.717) is 0 Å². The van der Waals surface area contributed by atoms with Crippen molar-refractivity contribution in [2.75, 3.05) is 11.4 Å². The van der Waals surface area contributed by atoms with Gasteiger partial charge in [-0.1, -0.05) is 0 Å². The summed E-state index contributed by atoms with van der Waals surface area (Å²) in [5.74, 6) is -0.688. The molecular weight excluding hydrogens is 277 g/mol. The van der Waals surface area contributed by atoms with Gasteiger partial charge in [-0.2, -0.15) is 0 Å². The molecular formula is C16H26BN3O2. The van der Waals surface area contributed by atoms with Gasteiger partial charge in [0, 0.05) is 33.8 Å². The highest BCUT2D eigenvalue weighted by molar-refractivity contribution is 6.61. The van der Waals surface area contributed by atoms with Crippen molar-refractivity contribution in [3.63, 3.8) is 0 Å². The van der Waals surface area contributed by atoms with E-state index in [0.717, 1.165) is 6.20 Å². The van der Waals surface area contributed by atoms with Gasteiger partial charge in [-0.15, -0.1) is 0 Å². The van der Waals surface area contributed by atoms with Crippen LogP contribution in [0.3, 0.4) is 0 Å². The van der Waals surface area contributed by atoms with Crippen LogP contribution in [0.15, 0.2) is 12.4 Å². The van der Waals surface area contributed by atoms with Gasteiger partial charge in [0.15, 0.2) is 0 Å². The Bertz CT molecular complexity index is 970. The molecule has 2 saturated heterocycles. The standard InChI is InChI=1S/C16H26BN3O2/c1-12-8-6-7-9-20(12)14-11-18-10-13(19-14)17-21-15(2,3)16(4,5)22-17/h10-12H,6-9H2,1-5H3/i1D3,6D2,7D2,8D2,9D2,12D. The van der Waals surface area contributed by atoms with E-state index in [1.54, 1.807) is 27.7 Å². The third-order valence-corrected chi connectivity index (χ3v) is 4.00. The molecule has 0 radical (unpaired) electrons. The summed E-state index contributed by atoms with van der Waals surface area (Å²) < 4.78 is 110. The molecule has 0 saturated carbocycles. The van der Waals surface area contributed by atoms with Gasteiger partial charge >= 0.3 is 7.12 Å². The van der Waals surface area contributed by atoms with Crippen molar-refractivity contribution < 1.29 is 25.8 Å². The minimum absolute atomic E-state index is 0.0239. The summed E-state index contributed by atoms with van der Waals surface area (Å²) in [7, 11) is -1.12. The van der Waals surface area contributed by atoms with Gasteiger partial charge in [0.05, 0.1) is 24.4 Å². The average Bonchev–Trinajstić information content (AvgIpc) is 2.87. The zero-order valence-electron chi connectivity index (χ0n) is 24.9. The highest BCUT2D eigenvalue weighted by Crippen LogP contribution is 2.36. The Hall–Kier alpha value is -1.14. The summed E-state index contributed by atoms with van der Waals surface area (Å²) in [5, 5.41) is 0. The van der Waals surface area contributed by atoms with E-state index in [-0.39, 0.29) is 10.5 Å². The van der Waals surface area contributed by atoms with E-state index >= 15 is 0 Å². The third kappa shape index (κ3) is 2.74. The van der Waals surface area contributed by atoms with Crippen LogP contribution in [0, 0.1) is 0 Å². The van der Waals surface area contributed by atoms with Crippen molar-refractivity contribution >= 4 is 18.5 Å². The van der Waals surface area contributed by atoms with E-state index in [1.807, 2.05) is 0 Å². The molecule has 3 heterocycles. The first-order chi connectivity index (χ1) is 14.9. The Kier molecular flexibility index (Phi) is 1.69. The van der Waals surface area contributed by atoms with Crippen LogP contribution >= 0.6 is 0 Å². The fourth-order valence-corrected chi connectivity index (χ4v) is 2.01. The number of hydrogen-bond acceptors (Lipinski definition) is 5. The minimum Gasteiger partial charge on any atom is -0.398 e. The fourth-order valence-electron chi connectivity index (χ4n) is 2.01. The molecule has 120 valence electrons. The molecule has 0 bridgehead atoms. The molecule has 0 amide bonds. The number of rotatable bonds is 2. The van der Waals surface area contributed by atoms with E-state index in [4.69, 9.17) is 25.8 Å². The average molecular weight is 315 g/mol. The molecule has 2 fully saturated rings. The second-order valence-electron chi connectivity index (χ2n) is 6.06. The van der Waals surface area contributed by atoms with Crippen LogP contribution < -0.4 is 10.5 Å². The summed E-state index contributed by atoms with van der Waals surface area (Å²) in [6.07, 6.45) is -9.00. The lowest BCUT2D eigenvalue weighted by molar-refractivity contribution is 0.00578. The van der Waals surface area contributed by atoms with E-state index in [2.05, 4.69) is 9.97 Å². The van der Waals surface area contributed by atoms with Gasteiger partial charge in [0.25, 0.3) is 0 Å². The molecule has 22 heavy (non-hydrogen) atoms. The van der Waals surface area contributed by atoms with Gasteiger partial charge in [-0.05, 0) is 53.7 Å². The van der Waals surface area contributed by atoms with Crippen LogP contribution in [0.5, 0.6) is 0 Å². The predicted octanol–water partition coefficient (Wildman–Crippen LogP) is 2.15. The molecule has 3 rings (SSSR count). The molecule has 1 aromatic rings. The molecule has 0 aromatic carbocycles. The highest BCUT2D eigenvalue weighted by Gasteiger charge is 2.52. The molecule has 2 aliphatic rings. The normalized spacial score (nSPS) is 48.4. The van der Waals surface area contributed by atoms with Crippen molar-refractivity contribution in [2.45, 2.75) is 70.9 Å². The Labute approximate surface area is 150 Å². The zero-order chi connectivity index (χ0) is 26.6. The van der Waals surface area contributed by atoms with E-state index in [1.165, 1.54) is 6.20 Å². The van der Waals surface area contributed by atoms with Gasteiger partial charge in [-0.3, -0.25) is 4.98 Å². The van der Waals surface area contributed by atoms with Crippen molar-refractivity contribution in [3.05, 3.63) is 12.4 Å². The maximum Gasteiger partial charge on any atom is 0.516 e. The first kappa shape index (κ1) is 6.77. The maximum absolute atomic E-state index is 8.67. The van der Waals surface area contributed by atoms with Crippen molar-refractivity contribution in [2.24, 2.45) is 0 Å². The Morgan fingerprint density at radius 2 is 2.05 bits per heavy atom. The van der Waals surface area contributed by atoms with E-state index < -0.39 is 62.6 Å². The number of nitrogens with zero attached hydrogens (tertiary/aromatic N) is 3. The second-order valence-corrected chi connectivity index (χ2v) is 6.06. The number of aromatic nitrogens is 2. The second kappa shape index (κ2) is 5.50. The van der Waals surface area contributed by atoms with Crippen molar-refractivity contribution in [3.8, 4) is 0 Å². The quantitative estimate of drug-likeness (QED) is 0.783. The molecule has 6 heteroatoms. The first-order valence-electron chi connectivity index (χ1n) is 12.9. The lowest BCUT2D eigenvalue weighted by Crippen LogP contribution is -2.42. The molecule has 0 aliphatic carbocycles. The predicted molar refractivity (Wildman–Crippen MR) is 88.4 cm³/mol. The Morgan fingerprint density at radius 3 is 2.73 bits per heavy atom. The SMILES string of the molecule is [2H]C([2H])([2H])C1([2H])N(c2cncc(B3OC(C)(C)C(C)(C)O3)n2)C([2H])([2H])C([2H])([2H])C([2H])([2H])C1([2H])[2H].